The number of hydrogen-bond donors (Lipinski definition) is 13. The minimum atomic E-state index is -1.46. The Labute approximate surface area is 788 Å². The van der Waals surface area contributed by atoms with Crippen LogP contribution in [0.15, 0.2) is 135 Å². The Bertz CT molecular complexity index is 4660. The molecular formula is C82H128BBr3ClF2N22O11Si3W-. The fourth-order valence-corrected chi connectivity index (χ4v) is 13.1. The van der Waals surface area contributed by atoms with E-state index < -0.39 is 43.0 Å². The molecule has 5 aliphatic carbocycles. The number of carbonyl (C=O) groups excluding carboxylic acids is 1. The average Bonchev–Trinajstić information content (AvgIpc) is 1.67. The van der Waals surface area contributed by atoms with E-state index in [-0.39, 0.29) is 91.7 Å². The van der Waals surface area contributed by atoms with E-state index >= 15 is 0 Å². The van der Waals surface area contributed by atoms with Gasteiger partial charge in [0.25, 0.3) is 0 Å². The van der Waals surface area contributed by atoms with Crippen LogP contribution >= 0.6 is 60.2 Å². The molecule has 5 aromatic heterocycles. The van der Waals surface area contributed by atoms with Gasteiger partial charge < -0.3 is 94.2 Å². The Morgan fingerprint density at radius 1 is 0.556 bits per heavy atom. The number of nitrogens with two attached hydrogens (primary N) is 2. The Morgan fingerprint density at radius 2 is 0.929 bits per heavy atom. The molecule has 33 nitrogen and oxygen atoms in total. The van der Waals surface area contributed by atoms with Gasteiger partial charge in [0, 0.05) is 136 Å². The van der Waals surface area contributed by atoms with Gasteiger partial charge in [-0.2, -0.15) is 24.9 Å². The van der Waals surface area contributed by atoms with Gasteiger partial charge in [-0.15, -0.1) is 37.9 Å². The molecule has 4 aromatic carbocycles. The van der Waals surface area contributed by atoms with E-state index in [0.717, 1.165) is 67.3 Å². The van der Waals surface area contributed by atoms with Gasteiger partial charge in [0.1, 0.15) is 62.0 Å². The third kappa shape index (κ3) is 46.1. The molecule has 0 saturated heterocycles. The molecule has 126 heavy (non-hydrogen) atoms. The molecule has 1 amide bonds. The predicted molar refractivity (Wildman–Crippen MR) is 511 cm³/mol. The fourth-order valence-electron chi connectivity index (χ4n) is 9.57. The number of aromatic nitrogens is 15. The average molecular weight is 2190 g/mol. The van der Waals surface area contributed by atoms with Crippen molar-refractivity contribution in [2.45, 2.75) is 225 Å². The van der Waals surface area contributed by atoms with Crippen molar-refractivity contribution in [3.05, 3.63) is 142 Å². The maximum absolute atomic E-state index is 13.1. The number of anilines is 4. The number of aromatic amines is 2. The molecule has 5 fully saturated rings. The number of nitrogens with zero attached hydrogens (tertiary/aromatic N) is 13. The zero-order valence-electron chi connectivity index (χ0n) is 73.4. The number of nitrogens with one attached hydrogen (secondary N) is 7. The summed E-state index contributed by atoms with van der Waals surface area (Å²) < 4.78 is 65.8. The summed E-state index contributed by atoms with van der Waals surface area (Å²) in [6.45, 7) is 30.3. The summed E-state index contributed by atoms with van der Waals surface area (Å²) in [7, 11) is -4.56. The Kier molecular flexibility index (Phi) is 48.2. The predicted octanol–water partition coefficient (Wildman–Crippen LogP) is 16.3. The van der Waals surface area contributed by atoms with E-state index in [9.17, 15) is 18.7 Å². The SMILES string of the molecule is C.CC(C)(C)OC(=O)NC/C(=C\F)COc1ccc(-c2nc(NC3CC3)n[nH]2)cc1.C[Si](C)(C)CCOCn1nc(-c2ccc(O)cc2)nc1NC1CC1.C[Si](C)(C)CCOCn1nc(Br)nc1Br.C[Si](C)(C)CCOCn1nc(Br)nc1NC1CC1.Cl.NC/C(=C\F)COc1ccc(-c2nc(NC3CC3)n[nH]2)cc1.NC1CC1.OB(O)c1ccc(O)cc1.[CH3-].[W]. The van der Waals surface area contributed by atoms with Crippen molar-refractivity contribution in [1.29, 1.82) is 0 Å². The first-order valence-electron chi connectivity index (χ1n) is 40.8. The van der Waals surface area contributed by atoms with Crippen molar-refractivity contribution in [3.63, 3.8) is 0 Å². The third-order valence-corrected chi connectivity index (χ3v) is 24.0. The summed E-state index contributed by atoms with van der Waals surface area (Å²) in [5.74, 6) is 6.35. The number of hydrogen-bond acceptors (Lipinski definition) is 27. The molecular weight excluding hydrogens is 2060 g/mol. The standard InChI is InChI=1S/C20H26FN5O3.C17H26N4O2Si.C15H18FN5O.C11H21BrN4OSi.C8H15Br2N3OSi.C6H7BO3.C3H7N.CH4.CH3.ClH.W/c1-20(2,3)29-19(27)22-11-13(10-21)12-28-16-8-4-14(5-9-16)17-24-18(26-25-17)23-15-6-7-15;1-24(2,3)11-10-23-12-21-17(18-14-6-7-14)19-16(20-21)13-4-8-15(22)9-5-13;16-7-10(8-17)9-22-13-5-1-11(2-6-13)14-19-15(21-20-14)18-12-3-4-12;1-18(2,3)7-6-17-8-16-11(13-9-4-5-9)14-10(12)15-16;1-15(2,3)5-4-14-6-13-8(10)11-7(9)12-13;8-6-3-1-5(2-4-6)7(9)10;4-3-1-2-3;;;;/h4-5,8-10,15H,6-7,11-12H2,1-3H3,(H,22,27)(H2,23,24,25,26);4-5,8-9,14,22H,6-7,10-12H2,1-3H3,(H,18,19,20);1-2,5-7,12H,3-4,8-9,17H2,(H2,18,19,20,21);9H,4-8H2,1-3H3,(H,13,14,15);4-6H2,1-3H3;1-4,8-10H;3H,1-2,4H2;1H4;1H3;1H;/q;;;;;;;;-1;;/b13-10+;;10-7+;;;;;;;;. The van der Waals surface area contributed by atoms with Gasteiger partial charge in [0.15, 0.2) is 22.2 Å². The van der Waals surface area contributed by atoms with Crippen molar-refractivity contribution in [3.8, 4) is 57.2 Å². The molecule has 5 saturated carbocycles. The number of benzene rings is 4. The number of amides is 1. The number of phenolic OH excluding ortho intramolecular Hbond substituents is 2. The number of halogens is 6. The number of aromatic hydroxyl groups is 2. The van der Waals surface area contributed by atoms with Crippen LogP contribution in [0.1, 0.15) is 92.4 Å². The van der Waals surface area contributed by atoms with E-state index in [2.05, 4.69) is 194 Å². The summed E-state index contributed by atoms with van der Waals surface area (Å²) in [4.78, 5) is 33.4. The van der Waals surface area contributed by atoms with Crippen molar-refractivity contribution in [2.24, 2.45) is 11.5 Å². The first-order chi connectivity index (χ1) is 57.9. The Morgan fingerprint density at radius 3 is 1.30 bits per heavy atom. The first-order valence-corrected chi connectivity index (χ1v) is 54.3. The van der Waals surface area contributed by atoms with Crippen LogP contribution in [-0.2, 0) is 60.2 Å². The molecule has 15 N–H and O–H groups in total. The monoisotopic (exact) mass is 2190 g/mol. The molecule has 44 heteroatoms. The van der Waals surface area contributed by atoms with Crippen molar-refractivity contribution in [2.75, 3.05) is 67.4 Å². The van der Waals surface area contributed by atoms with Crippen LogP contribution in [0.25, 0.3) is 34.2 Å². The van der Waals surface area contributed by atoms with Crippen LogP contribution in [0.5, 0.6) is 23.0 Å². The summed E-state index contributed by atoms with van der Waals surface area (Å²) in [5, 5.41) is 78.1. The summed E-state index contributed by atoms with van der Waals surface area (Å²) in [6.07, 6.45) is 12.3. The van der Waals surface area contributed by atoms with Gasteiger partial charge in [-0.1, -0.05) is 78.5 Å². The normalized spacial score (nSPS) is 14.0. The number of carbonyl (C=O) groups is 1. The van der Waals surface area contributed by atoms with E-state index in [0.29, 0.717) is 129 Å². The second-order valence-corrected chi connectivity index (χ2v) is 53.4. The summed E-state index contributed by atoms with van der Waals surface area (Å²) in [5.41, 5.74) is 13.7. The van der Waals surface area contributed by atoms with Crippen molar-refractivity contribution in [1.82, 2.24) is 80.0 Å². The van der Waals surface area contributed by atoms with E-state index in [4.69, 9.17) is 55.0 Å². The zero-order valence-corrected chi connectivity index (χ0v) is 84.9. The van der Waals surface area contributed by atoms with Crippen LogP contribution in [0.2, 0.25) is 77.1 Å². The molecule has 0 spiro atoms. The maximum Gasteiger partial charge on any atom is 0.488 e. The van der Waals surface area contributed by atoms with Gasteiger partial charge in [-0.05, 0) is 241 Å². The van der Waals surface area contributed by atoms with Gasteiger partial charge in [-0.3, -0.25) is 10.2 Å². The summed E-state index contributed by atoms with van der Waals surface area (Å²) >= 11 is 9.80. The van der Waals surface area contributed by atoms with E-state index in [1.165, 1.54) is 87.7 Å². The molecule has 14 rings (SSSR count). The minimum absolute atomic E-state index is 0. The van der Waals surface area contributed by atoms with Crippen LogP contribution in [0.3, 0.4) is 0 Å². The smallest absolute Gasteiger partial charge is 0.488 e. The quantitative estimate of drug-likeness (QED) is 0.00985. The minimum Gasteiger partial charge on any atom is -0.508 e. The molecule has 0 radical (unpaired) electrons. The molecule has 5 aliphatic rings. The molecule has 0 bridgehead atoms. The van der Waals surface area contributed by atoms with Crippen molar-refractivity contribution < 1.29 is 83.3 Å². The topological polar surface area (TPSA) is 441 Å². The summed E-state index contributed by atoms with van der Waals surface area (Å²) in [6, 6.07) is 33.3. The second kappa shape index (κ2) is 54.8. The van der Waals surface area contributed by atoms with Crippen LogP contribution in [0.4, 0.5) is 37.4 Å². The van der Waals surface area contributed by atoms with E-state index in [1.807, 2.05) is 36.4 Å². The van der Waals surface area contributed by atoms with Crippen LogP contribution in [-0.4, -0.2) is 214 Å². The van der Waals surface area contributed by atoms with Crippen molar-refractivity contribution >= 4 is 127 Å². The van der Waals surface area contributed by atoms with E-state index in [1.54, 1.807) is 71.2 Å². The third-order valence-electron chi connectivity index (χ3n) is 17.6. The van der Waals surface area contributed by atoms with Crippen LogP contribution < -0.4 is 53.0 Å². The molecule has 0 atom stereocenters. The Balaban J connectivity index is 0.000000319. The van der Waals surface area contributed by atoms with Gasteiger partial charge in [-0.25, -0.2) is 27.6 Å². The first kappa shape index (κ1) is 111. The number of rotatable bonds is 36. The fraction of sp³-hybridized carbons (Fsp3) is 0.512. The Hall–Kier alpha value is -7.56. The largest absolute Gasteiger partial charge is 0.508 e. The zero-order chi connectivity index (χ0) is 88.6. The molecule has 0 aliphatic heterocycles. The van der Waals surface area contributed by atoms with Crippen LogP contribution in [0, 0.1) is 7.43 Å². The molecule has 5 heterocycles. The van der Waals surface area contributed by atoms with Gasteiger partial charge in [0.05, 0.1) is 12.7 Å². The maximum atomic E-state index is 13.1. The van der Waals surface area contributed by atoms with Gasteiger partial charge >= 0.3 is 13.2 Å². The number of phenols is 2. The van der Waals surface area contributed by atoms with Gasteiger partial charge in [0.2, 0.25) is 33.3 Å². The molecule has 0 unspecified atom stereocenters. The number of alkyl carbamates (subject to hydrolysis) is 1. The second-order valence-electron chi connectivity index (χ2n) is 34.4. The number of H-pyrrole nitrogens is 2. The molecule has 696 valence electrons. The molecule has 9 aromatic rings. The number of ether oxygens (including phenoxy) is 6.